The molecule has 0 radical (unpaired) electrons. The van der Waals surface area contributed by atoms with E-state index in [1.165, 1.54) is 39.8 Å². The van der Waals surface area contributed by atoms with Gasteiger partial charge in [0.25, 0.3) is 0 Å². The Morgan fingerprint density at radius 2 is 0.837 bits per heavy atom. The number of carbonyl (C=O) groups excluding carboxylic acids is 4. The molecule has 0 unspecified atom stereocenters. The molecule has 4 aromatic rings. The Kier molecular flexibility index (Phi) is 9.25. The second kappa shape index (κ2) is 13.4. The lowest BCUT2D eigenvalue weighted by atomic mass is 9.68. The third-order valence-electron chi connectivity index (χ3n) is 7.61. The van der Waals surface area contributed by atoms with Crippen LogP contribution in [0.4, 0.5) is 0 Å². The van der Waals surface area contributed by atoms with Gasteiger partial charge in [0.2, 0.25) is 0 Å². The van der Waals surface area contributed by atoms with Gasteiger partial charge in [0.1, 0.15) is 0 Å². The van der Waals surface area contributed by atoms with E-state index in [9.17, 15) is 19.2 Å². The average Bonchev–Trinajstić information content (AvgIpc) is 3.37. The number of hydrogen-bond donors (Lipinski definition) is 0. The van der Waals surface area contributed by atoms with Crippen molar-refractivity contribution in [2.24, 2.45) is 0 Å². The second-order valence-electron chi connectivity index (χ2n) is 11.6. The fourth-order valence-electron chi connectivity index (χ4n) is 5.29. The summed E-state index contributed by atoms with van der Waals surface area (Å²) < 4.78 is 22.5. The van der Waals surface area contributed by atoms with Gasteiger partial charge in [-0.2, -0.15) is 0 Å². The van der Waals surface area contributed by atoms with Crippen LogP contribution < -0.4 is 18.9 Å². The molecule has 5 rings (SSSR count). The number of fused-ring (bicyclic) bond motifs is 3. The number of hydrogen-bond acceptors (Lipinski definition) is 10. The van der Waals surface area contributed by atoms with Crippen molar-refractivity contribution in [3.8, 4) is 34.4 Å². The van der Waals surface area contributed by atoms with Crippen LogP contribution in [0.15, 0.2) is 122 Å². The van der Waals surface area contributed by atoms with Crippen molar-refractivity contribution >= 4 is 23.9 Å². The van der Waals surface area contributed by atoms with E-state index in [0.717, 1.165) is 0 Å². The van der Waals surface area contributed by atoms with Crippen molar-refractivity contribution < 1.29 is 38.1 Å². The molecule has 0 amide bonds. The van der Waals surface area contributed by atoms with Crippen LogP contribution in [0, 0.1) is 0 Å². The maximum Gasteiger partial charge on any atom is 0.338 e. The molecule has 0 saturated heterocycles. The van der Waals surface area contributed by atoms with Gasteiger partial charge in [-0.1, -0.05) is 50.6 Å². The van der Waals surface area contributed by atoms with Crippen molar-refractivity contribution in [1.29, 1.82) is 0 Å². The van der Waals surface area contributed by atoms with E-state index in [2.05, 4.69) is 36.3 Å². The predicted molar refractivity (Wildman–Crippen MR) is 181 cm³/mol. The zero-order valence-corrected chi connectivity index (χ0v) is 27.4. The molecule has 246 valence electrons. The minimum Gasteiger partial charge on any atom is -0.419 e. The molecule has 49 heavy (non-hydrogen) atoms. The number of aromatic nitrogens is 2. The molecule has 0 spiro atoms. The van der Waals surface area contributed by atoms with Gasteiger partial charge in [-0.3, -0.25) is 9.97 Å². The highest BCUT2D eigenvalue weighted by Gasteiger charge is 2.48. The molecular formula is C39H32N2O8. The smallest absolute Gasteiger partial charge is 0.338 e. The molecule has 0 atom stereocenters. The second-order valence-corrected chi connectivity index (χ2v) is 11.6. The molecule has 0 N–H and O–H groups in total. The van der Waals surface area contributed by atoms with Crippen LogP contribution in [0.3, 0.4) is 0 Å². The van der Waals surface area contributed by atoms with Crippen molar-refractivity contribution in [3.05, 3.63) is 144 Å². The number of pyridine rings is 2. The quantitative estimate of drug-likeness (QED) is 0.0902. The van der Waals surface area contributed by atoms with Gasteiger partial charge in [-0.25, -0.2) is 19.2 Å². The van der Waals surface area contributed by atoms with Crippen LogP contribution in [0.25, 0.3) is 11.4 Å². The van der Waals surface area contributed by atoms with Gasteiger partial charge < -0.3 is 18.9 Å². The first-order valence-corrected chi connectivity index (χ1v) is 15.0. The lowest BCUT2D eigenvalue weighted by molar-refractivity contribution is -0.132. The fraction of sp³-hybridized carbons (Fsp3) is 0.128. The Bertz CT molecular complexity index is 1980. The third-order valence-corrected chi connectivity index (χ3v) is 7.61. The summed E-state index contributed by atoms with van der Waals surface area (Å²) in [5.41, 5.74) is 2.88. The largest absolute Gasteiger partial charge is 0.419 e. The summed E-state index contributed by atoms with van der Waals surface area (Å²) in [7, 11) is 0. The molecule has 10 heteroatoms. The predicted octanol–water partition coefficient (Wildman–Crippen LogP) is 6.77. The lowest BCUT2D eigenvalue weighted by Crippen LogP contribution is -2.29. The summed E-state index contributed by atoms with van der Waals surface area (Å²) in [4.78, 5) is 60.2. The Morgan fingerprint density at radius 3 is 1.16 bits per heavy atom. The molecule has 0 saturated carbocycles. The van der Waals surface area contributed by atoms with Crippen LogP contribution in [-0.4, -0.2) is 33.8 Å². The van der Waals surface area contributed by atoms with E-state index in [0.29, 0.717) is 33.6 Å². The zero-order valence-electron chi connectivity index (χ0n) is 27.4. The van der Waals surface area contributed by atoms with E-state index in [-0.39, 0.29) is 45.3 Å². The number of esters is 4. The number of benzene rings is 2. The number of ether oxygens (including phenoxy) is 4. The Balaban J connectivity index is 1.85. The monoisotopic (exact) mass is 656 g/mol. The van der Waals surface area contributed by atoms with Crippen LogP contribution >= 0.6 is 0 Å². The maximum atomic E-state index is 12.8. The molecule has 2 heterocycles. The van der Waals surface area contributed by atoms with Crippen molar-refractivity contribution in [1.82, 2.24) is 9.97 Å². The first kappa shape index (κ1) is 33.9. The molecule has 0 bridgehead atoms. The van der Waals surface area contributed by atoms with Crippen molar-refractivity contribution in [3.63, 3.8) is 0 Å². The summed E-state index contributed by atoms with van der Waals surface area (Å²) in [6.45, 7) is 20.6. The standard InChI is InChI=1S/C39H32N2O8/c1-21(2)35(42)46-29-15-13-25(19-31(29)48-37(44)23(5)6)39(27-11-9-17-40-33(27)34-28(39)12-10-18-41-34)26-14-16-30(47-36(43)22(3)4)32(20-26)49-38(45)24(7)8/h9-20H,1,3,5,7H2,2,4,6,8H3. The Labute approximate surface area is 283 Å². The minimum absolute atomic E-state index is 0.0320. The summed E-state index contributed by atoms with van der Waals surface area (Å²) in [5, 5.41) is 0. The maximum absolute atomic E-state index is 12.8. The average molecular weight is 657 g/mol. The van der Waals surface area contributed by atoms with E-state index in [1.54, 1.807) is 48.8 Å². The highest BCUT2D eigenvalue weighted by atomic mass is 16.6. The van der Waals surface area contributed by atoms with E-state index >= 15 is 0 Å². The zero-order chi connectivity index (χ0) is 35.6. The number of nitrogens with zero attached hydrogens (tertiary/aromatic N) is 2. The normalized spacial score (nSPS) is 12.1. The van der Waals surface area contributed by atoms with Crippen LogP contribution in [0.5, 0.6) is 23.0 Å². The van der Waals surface area contributed by atoms with E-state index < -0.39 is 29.3 Å². The van der Waals surface area contributed by atoms with Gasteiger partial charge in [-0.05, 0) is 86.3 Å². The van der Waals surface area contributed by atoms with E-state index in [4.69, 9.17) is 18.9 Å². The highest BCUT2D eigenvalue weighted by Crippen LogP contribution is 2.56. The Morgan fingerprint density at radius 1 is 0.510 bits per heavy atom. The SMILES string of the molecule is C=C(C)C(=O)Oc1ccc(C2(c3ccc(OC(=O)C(=C)C)c(OC(=O)C(=C)C)c3)c3cccnc3-c3ncccc32)cc1OC(=O)C(=C)C. The summed E-state index contributed by atoms with van der Waals surface area (Å²) in [5.74, 6) is -3.12. The molecule has 0 fully saturated rings. The molecule has 1 aliphatic rings. The summed E-state index contributed by atoms with van der Waals surface area (Å²) in [6, 6.07) is 16.9. The van der Waals surface area contributed by atoms with Crippen LogP contribution in [0.1, 0.15) is 49.9 Å². The van der Waals surface area contributed by atoms with Gasteiger partial charge in [0, 0.05) is 34.7 Å². The minimum atomic E-state index is -1.24. The third kappa shape index (κ3) is 6.31. The highest BCUT2D eigenvalue weighted by molar-refractivity contribution is 5.93. The van der Waals surface area contributed by atoms with Crippen LogP contribution in [0.2, 0.25) is 0 Å². The summed E-state index contributed by atoms with van der Waals surface area (Å²) >= 11 is 0. The van der Waals surface area contributed by atoms with Crippen molar-refractivity contribution in [2.45, 2.75) is 33.1 Å². The summed E-state index contributed by atoms with van der Waals surface area (Å²) in [6.07, 6.45) is 3.29. The lowest BCUT2D eigenvalue weighted by Gasteiger charge is -2.34. The molecule has 1 aliphatic carbocycles. The fourth-order valence-corrected chi connectivity index (χ4v) is 5.29. The number of rotatable bonds is 10. The first-order chi connectivity index (χ1) is 23.2. The Hall–Kier alpha value is -6.42. The molecule has 2 aromatic carbocycles. The number of carbonyl (C=O) groups is 4. The van der Waals surface area contributed by atoms with E-state index in [1.807, 2.05) is 12.1 Å². The van der Waals surface area contributed by atoms with Gasteiger partial charge in [0.15, 0.2) is 23.0 Å². The molecule has 10 nitrogen and oxygen atoms in total. The van der Waals surface area contributed by atoms with Gasteiger partial charge in [-0.15, -0.1) is 0 Å². The van der Waals surface area contributed by atoms with Gasteiger partial charge >= 0.3 is 23.9 Å². The van der Waals surface area contributed by atoms with Gasteiger partial charge in [0.05, 0.1) is 16.8 Å². The molecule has 0 aliphatic heterocycles. The first-order valence-electron chi connectivity index (χ1n) is 15.0. The van der Waals surface area contributed by atoms with Crippen LogP contribution in [-0.2, 0) is 24.6 Å². The van der Waals surface area contributed by atoms with Crippen molar-refractivity contribution in [2.75, 3.05) is 0 Å². The topological polar surface area (TPSA) is 131 Å². The molecular weight excluding hydrogens is 624 g/mol. The molecule has 2 aromatic heterocycles.